The number of hydrogen-bond donors (Lipinski definition) is 1. The van der Waals surface area contributed by atoms with E-state index >= 15 is 0 Å². The Morgan fingerprint density at radius 2 is 1.85 bits per heavy atom. The van der Waals surface area contributed by atoms with Gasteiger partial charge in [-0.25, -0.2) is 8.42 Å². The van der Waals surface area contributed by atoms with E-state index in [1.807, 2.05) is 0 Å². The van der Waals surface area contributed by atoms with Crippen LogP contribution < -0.4 is 5.32 Å². The molecule has 0 aliphatic carbocycles. The van der Waals surface area contributed by atoms with Crippen LogP contribution in [-0.4, -0.2) is 36.6 Å². The molecule has 1 amide bonds. The third kappa shape index (κ3) is 4.10. The number of nitro benzene ring substituents is 1. The Balaban J connectivity index is 1.89. The number of sulfonamides is 1. The summed E-state index contributed by atoms with van der Waals surface area (Å²) >= 11 is 6.07. The Bertz CT molecular complexity index is 1000. The number of nitrogens with one attached hydrogen (secondary N) is 1. The Labute approximate surface area is 160 Å². The maximum absolute atomic E-state index is 12.7. The number of hydrogen-bond acceptors (Lipinski definition) is 5. The molecule has 1 fully saturated rings. The third-order valence-corrected chi connectivity index (χ3v) is 6.42. The van der Waals surface area contributed by atoms with E-state index in [2.05, 4.69) is 5.32 Å². The number of benzene rings is 2. The maximum Gasteiger partial charge on any atom is 0.271 e. The van der Waals surface area contributed by atoms with Crippen LogP contribution in [0.3, 0.4) is 0 Å². The first-order valence-corrected chi connectivity index (χ1v) is 9.96. The molecule has 0 spiro atoms. The highest BCUT2D eigenvalue weighted by Crippen LogP contribution is 2.26. The van der Waals surface area contributed by atoms with Crippen LogP contribution in [0.1, 0.15) is 23.2 Å². The van der Waals surface area contributed by atoms with Gasteiger partial charge in [0.2, 0.25) is 10.0 Å². The molecule has 2 aromatic carbocycles. The van der Waals surface area contributed by atoms with E-state index in [1.165, 1.54) is 46.8 Å². The smallest absolute Gasteiger partial charge is 0.271 e. The molecule has 0 radical (unpaired) electrons. The van der Waals surface area contributed by atoms with Crippen LogP contribution in [-0.2, 0) is 10.0 Å². The van der Waals surface area contributed by atoms with Crippen LogP contribution >= 0.6 is 11.6 Å². The standard InChI is InChI=1S/C17H16ClN3O5S/c18-16-7-6-14(27(25,26)20-8-1-2-9-20)11-15(16)17(22)19-12-4-3-5-13(10-12)21(23)24/h3-7,10-11H,1-2,8-9H2,(H,19,22). The topological polar surface area (TPSA) is 110 Å². The number of carbonyl (C=O) groups is 1. The fourth-order valence-corrected chi connectivity index (χ4v) is 4.56. The highest BCUT2D eigenvalue weighted by atomic mass is 35.5. The van der Waals surface area contributed by atoms with Crippen molar-refractivity contribution < 1.29 is 18.1 Å². The van der Waals surface area contributed by atoms with E-state index in [-0.39, 0.29) is 26.9 Å². The van der Waals surface area contributed by atoms with Gasteiger partial charge >= 0.3 is 0 Å². The summed E-state index contributed by atoms with van der Waals surface area (Å²) in [6.45, 7) is 0.889. The first kappa shape index (κ1) is 19.3. The van der Waals surface area contributed by atoms with E-state index in [0.717, 1.165) is 12.8 Å². The summed E-state index contributed by atoms with van der Waals surface area (Å²) in [5.74, 6) is -0.654. The molecule has 0 bridgehead atoms. The number of carbonyl (C=O) groups excluding carboxylic acids is 1. The van der Waals surface area contributed by atoms with Gasteiger partial charge in [-0.1, -0.05) is 17.7 Å². The van der Waals surface area contributed by atoms with Gasteiger partial charge in [-0.3, -0.25) is 14.9 Å². The Kier molecular flexibility index (Phi) is 5.45. The zero-order chi connectivity index (χ0) is 19.6. The Hall–Kier alpha value is -2.49. The number of halogens is 1. The number of anilines is 1. The van der Waals surface area contributed by atoms with Gasteiger partial charge in [0.25, 0.3) is 11.6 Å². The summed E-state index contributed by atoms with van der Waals surface area (Å²) in [7, 11) is -3.70. The predicted molar refractivity (Wildman–Crippen MR) is 100 cm³/mol. The van der Waals surface area contributed by atoms with Gasteiger partial charge in [0.15, 0.2) is 0 Å². The molecule has 0 saturated carbocycles. The van der Waals surface area contributed by atoms with E-state index < -0.39 is 20.9 Å². The minimum atomic E-state index is -3.70. The van der Waals surface area contributed by atoms with Crippen molar-refractivity contribution in [1.82, 2.24) is 4.31 Å². The van der Waals surface area contributed by atoms with Crippen molar-refractivity contribution in [3.05, 3.63) is 63.2 Å². The number of amides is 1. The second-order valence-electron chi connectivity index (χ2n) is 6.01. The molecule has 0 unspecified atom stereocenters. The molecule has 0 aromatic heterocycles. The predicted octanol–water partition coefficient (Wildman–Crippen LogP) is 3.29. The monoisotopic (exact) mass is 409 g/mol. The number of rotatable bonds is 5. The minimum Gasteiger partial charge on any atom is -0.322 e. The normalized spacial score (nSPS) is 14.9. The van der Waals surface area contributed by atoms with Gasteiger partial charge in [-0.05, 0) is 37.1 Å². The first-order valence-electron chi connectivity index (χ1n) is 8.14. The highest BCUT2D eigenvalue weighted by molar-refractivity contribution is 7.89. The fraction of sp³-hybridized carbons (Fsp3) is 0.235. The van der Waals surface area contributed by atoms with E-state index in [0.29, 0.717) is 13.1 Å². The molecular weight excluding hydrogens is 394 g/mol. The second-order valence-corrected chi connectivity index (χ2v) is 8.36. The van der Waals surface area contributed by atoms with Crippen molar-refractivity contribution in [1.29, 1.82) is 0 Å². The van der Waals surface area contributed by atoms with Gasteiger partial charge in [-0.15, -0.1) is 0 Å². The van der Waals surface area contributed by atoms with Crippen molar-refractivity contribution in [2.75, 3.05) is 18.4 Å². The molecule has 1 N–H and O–H groups in total. The lowest BCUT2D eigenvalue weighted by Gasteiger charge is -2.16. The molecule has 0 atom stereocenters. The quantitative estimate of drug-likeness (QED) is 0.601. The lowest BCUT2D eigenvalue weighted by molar-refractivity contribution is -0.384. The SMILES string of the molecule is O=C(Nc1cccc([N+](=O)[O-])c1)c1cc(S(=O)(=O)N2CCCC2)ccc1Cl. The van der Waals surface area contributed by atoms with E-state index in [9.17, 15) is 23.3 Å². The number of non-ortho nitro benzene ring substituents is 1. The van der Waals surface area contributed by atoms with E-state index in [1.54, 1.807) is 0 Å². The zero-order valence-electron chi connectivity index (χ0n) is 14.1. The molecule has 1 aliphatic rings. The highest BCUT2D eigenvalue weighted by Gasteiger charge is 2.28. The largest absolute Gasteiger partial charge is 0.322 e. The molecule has 8 nitrogen and oxygen atoms in total. The van der Waals surface area contributed by atoms with Crippen molar-refractivity contribution in [2.45, 2.75) is 17.7 Å². The van der Waals surface area contributed by atoms with Gasteiger partial charge < -0.3 is 5.32 Å². The number of nitrogens with zero attached hydrogens (tertiary/aromatic N) is 2. The van der Waals surface area contributed by atoms with Crippen LogP contribution in [0.15, 0.2) is 47.4 Å². The van der Waals surface area contributed by atoms with Crippen molar-refractivity contribution in [3.8, 4) is 0 Å². The second kappa shape index (κ2) is 7.63. The van der Waals surface area contributed by atoms with Gasteiger partial charge in [0, 0.05) is 30.9 Å². The average Bonchev–Trinajstić information content (AvgIpc) is 3.17. The van der Waals surface area contributed by atoms with Crippen LogP contribution in [0.25, 0.3) is 0 Å². The van der Waals surface area contributed by atoms with Gasteiger partial charge in [0.05, 0.1) is 20.4 Å². The Morgan fingerprint density at radius 1 is 1.15 bits per heavy atom. The van der Waals surface area contributed by atoms with E-state index in [4.69, 9.17) is 11.6 Å². The summed E-state index contributed by atoms with van der Waals surface area (Å²) in [6, 6.07) is 9.37. The first-order chi connectivity index (χ1) is 12.8. The lowest BCUT2D eigenvalue weighted by atomic mass is 10.2. The Morgan fingerprint density at radius 3 is 2.52 bits per heavy atom. The van der Waals surface area contributed by atoms with Gasteiger partial charge in [-0.2, -0.15) is 4.31 Å². The molecule has 1 heterocycles. The number of nitro groups is 1. The molecule has 1 aliphatic heterocycles. The molecule has 3 rings (SSSR count). The van der Waals surface area contributed by atoms with Crippen LogP contribution in [0, 0.1) is 10.1 Å². The van der Waals surface area contributed by atoms with Crippen molar-refractivity contribution >= 4 is 38.9 Å². The van der Waals surface area contributed by atoms with Crippen LogP contribution in [0.5, 0.6) is 0 Å². The van der Waals surface area contributed by atoms with Crippen LogP contribution in [0.4, 0.5) is 11.4 Å². The summed E-state index contributed by atoms with van der Waals surface area (Å²) in [5.41, 5.74) is 0.00535. The summed E-state index contributed by atoms with van der Waals surface area (Å²) in [5, 5.41) is 13.4. The molecular formula is C17H16ClN3O5S. The summed E-state index contributed by atoms with van der Waals surface area (Å²) in [4.78, 5) is 22.8. The lowest BCUT2D eigenvalue weighted by Crippen LogP contribution is -2.28. The maximum atomic E-state index is 12.7. The summed E-state index contributed by atoms with van der Waals surface area (Å²) in [6.07, 6.45) is 1.60. The van der Waals surface area contributed by atoms with Gasteiger partial charge in [0.1, 0.15) is 0 Å². The average molecular weight is 410 g/mol. The van der Waals surface area contributed by atoms with Crippen LogP contribution in [0.2, 0.25) is 5.02 Å². The van der Waals surface area contributed by atoms with Crippen molar-refractivity contribution in [2.24, 2.45) is 0 Å². The molecule has 1 saturated heterocycles. The zero-order valence-corrected chi connectivity index (χ0v) is 15.7. The molecule has 2 aromatic rings. The van der Waals surface area contributed by atoms with Crippen molar-refractivity contribution in [3.63, 3.8) is 0 Å². The fourth-order valence-electron chi connectivity index (χ4n) is 2.81. The molecule has 10 heteroatoms. The molecule has 27 heavy (non-hydrogen) atoms. The third-order valence-electron chi connectivity index (χ3n) is 4.20. The molecule has 142 valence electrons. The minimum absolute atomic E-state index is 0.0157. The summed E-state index contributed by atoms with van der Waals surface area (Å²) < 4.78 is 26.7.